The van der Waals surface area contributed by atoms with Gasteiger partial charge in [-0.05, 0) is 33.6 Å². The van der Waals surface area contributed by atoms with Crippen LogP contribution in [-0.4, -0.2) is 49.8 Å². The lowest BCUT2D eigenvalue weighted by Crippen LogP contribution is -2.70. The van der Waals surface area contributed by atoms with Crippen molar-refractivity contribution >= 4 is 46.0 Å². The zero-order valence-electron chi connectivity index (χ0n) is 24.1. The van der Waals surface area contributed by atoms with E-state index in [1.54, 1.807) is 24.2 Å². The molecule has 0 aliphatic carbocycles. The Morgan fingerprint density at radius 1 is 1.00 bits per heavy atom. The number of ether oxygens (including phenoxy) is 1. The fourth-order valence-electron chi connectivity index (χ4n) is 5.67. The minimum atomic E-state index is -1.03. The van der Waals surface area contributed by atoms with Crippen LogP contribution in [0.25, 0.3) is 5.57 Å². The molecule has 8 nitrogen and oxygen atoms in total. The van der Waals surface area contributed by atoms with Crippen molar-refractivity contribution in [1.29, 1.82) is 0 Å². The number of benzene rings is 3. The highest BCUT2D eigenvalue weighted by molar-refractivity contribution is 8.26. The normalized spacial score (nSPS) is 21.3. The second-order valence-electron chi connectivity index (χ2n) is 10.8. The molecule has 10 heteroatoms. The number of imidazole rings is 1. The van der Waals surface area contributed by atoms with E-state index in [0.717, 1.165) is 33.0 Å². The molecule has 4 aromatic rings. The van der Waals surface area contributed by atoms with E-state index in [1.165, 1.54) is 4.90 Å². The first-order valence-corrected chi connectivity index (χ1v) is 17.1. The Morgan fingerprint density at radius 3 is 2.31 bits per heavy atom. The second-order valence-corrected chi connectivity index (χ2v) is 13.8. The van der Waals surface area contributed by atoms with Crippen molar-refractivity contribution in [2.24, 2.45) is 0 Å². The van der Waals surface area contributed by atoms with Crippen molar-refractivity contribution in [1.82, 2.24) is 20.2 Å². The molecule has 2 amide bonds. The number of H-pyrrole nitrogens is 1. The highest BCUT2D eigenvalue weighted by Gasteiger charge is 2.55. The Labute approximate surface area is 267 Å². The van der Waals surface area contributed by atoms with Crippen molar-refractivity contribution < 1.29 is 19.1 Å². The summed E-state index contributed by atoms with van der Waals surface area (Å²) in [4.78, 5) is 50.9. The SMILES string of the molecule is O=C(Cc1ccccc1)N[C@@H]1C(=O)N2C(C(=O)OC(c3ccccc3)c3ccccc3)=C([SH]3C=CC(c4ncc[nH]4)=C3)CSC12. The summed E-state index contributed by atoms with van der Waals surface area (Å²) in [5.41, 5.74) is 3.72. The standard InChI is InChI=1S/C35H30N4O4S2/c40-28(20-23-10-4-1-5-11-23)38-29-33(41)39-30(27(21-44-34(29)39)45-19-16-26(22-45)32-36-17-18-37-32)35(42)43-31(24-12-6-2-7-13-24)25-14-8-3-9-15-25/h1-19,22,29,31,34,45H,20-21H2,(H,36,37)(H,38,40)/t29-,34?/m1/s1. The van der Waals surface area contributed by atoms with Gasteiger partial charge >= 0.3 is 5.97 Å². The van der Waals surface area contributed by atoms with E-state index in [1.807, 2.05) is 97.1 Å². The lowest BCUT2D eigenvalue weighted by atomic mass is 10.0. The van der Waals surface area contributed by atoms with E-state index in [9.17, 15) is 14.4 Å². The lowest BCUT2D eigenvalue weighted by molar-refractivity contribution is -0.154. The molecule has 1 aromatic heterocycles. The van der Waals surface area contributed by atoms with Gasteiger partial charge in [-0.25, -0.2) is 9.78 Å². The highest BCUT2D eigenvalue weighted by Crippen LogP contribution is 2.53. The minimum absolute atomic E-state index is 0.171. The lowest BCUT2D eigenvalue weighted by Gasteiger charge is -2.50. The summed E-state index contributed by atoms with van der Waals surface area (Å²) >= 11 is 1.55. The quantitative estimate of drug-likeness (QED) is 0.128. The fourth-order valence-corrected chi connectivity index (χ4v) is 9.39. The second kappa shape index (κ2) is 12.7. The number of hydrogen-bond acceptors (Lipinski definition) is 6. The van der Waals surface area contributed by atoms with Gasteiger partial charge in [-0.15, -0.1) is 11.8 Å². The van der Waals surface area contributed by atoms with E-state index in [-0.39, 0.29) is 23.9 Å². The number of thioether (sulfide) groups is 1. The summed E-state index contributed by atoms with van der Waals surface area (Å²) in [5, 5.41) is 6.68. The predicted molar refractivity (Wildman–Crippen MR) is 178 cm³/mol. The molecule has 1 fully saturated rings. The van der Waals surface area contributed by atoms with Crippen LogP contribution in [-0.2, 0) is 25.5 Å². The van der Waals surface area contributed by atoms with Crippen LogP contribution in [0.4, 0.5) is 0 Å². The Balaban J connectivity index is 1.20. The molecule has 0 bridgehead atoms. The van der Waals surface area contributed by atoms with Gasteiger partial charge < -0.3 is 15.0 Å². The zero-order valence-corrected chi connectivity index (χ0v) is 25.8. The van der Waals surface area contributed by atoms with Gasteiger partial charge in [0, 0.05) is 28.6 Å². The number of fused-ring (bicyclic) bond motifs is 1. The predicted octanol–water partition coefficient (Wildman–Crippen LogP) is 5.47. The van der Waals surface area contributed by atoms with Crippen molar-refractivity contribution in [2.45, 2.75) is 23.9 Å². The summed E-state index contributed by atoms with van der Waals surface area (Å²) in [6, 6.07) is 27.9. The number of rotatable bonds is 9. The molecule has 2 unspecified atom stereocenters. The van der Waals surface area contributed by atoms with E-state index in [4.69, 9.17) is 4.74 Å². The fraction of sp³-hybridized carbons (Fsp3) is 0.143. The molecule has 0 radical (unpaired) electrons. The molecular formula is C35H30N4O4S2. The Kier molecular flexibility index (Phi) is 8.15. The van der Waals surface area contributed by atoms with Crippen LogP contribution >= 0.6 is 22.7 Å². The molecule has 3 aromatic carbocycles. The van der Waals surface area contributed by atoms with Gasteiger partial charge in [-0.3, -0.25) is 14.5 Å². The average molecular weight is 635 g/mol. The van der Waals surface area contributed by atoms with Gasteiger partial charge in [0.2, 0.25) is 5.91 Å². The third-order valence-corrected chi connectivity index (χ3v) is 11.4. The minimum Gasteiger partial charge on any atom is -0.448 e. The van der Waals surface area contributed by atoms with Gasteiger partial charge in [0.25, 0.3) is 5.91 Å². The molecule has 0 spiro atoms. The van der Waals surface area contributed by atoms with Gasteiger partial charge in [0.05, 0.1) is 6.42 Å². The molecule has 3 aliphatic heterocycles. The van der Waals surface area contributed by atoms with Crippen LogP contribution < -0.4 is 5.32 Å². The van der Waals surface area contributed by atoms with Crippen LogP contribution in [0, 0.1) is 0 Å². The number of amides is 2. The van der Waals surface area contributed by atoms with E-state index in [2.05, 4.69) is 26.1 Å². The Bertz CT molecular complexity index is 1770. The summed E-state index contributed by atoms with van der Waals surface area (Å²) < 4.78 is 6.31. The van der Waals surface area contributed by atoms with Gasteiger partial charge in [-0.1, -0.05) is 91.0 Å². The van der Waals surface area contributed by atoms with Crippen LogP contribution in [0.2, 0.25) is 0 Å². The number of esters is 1. The number of nitrogens with zero attached hydrogens (tertiary/aromatic N) is 2. The Morgan fingerprint density at radius 2 is 1.67 bits per heavy atom. The van der Waals surface area contributed by atoms with Gasteiger partial charge in [-0.2, -0.15) is 10.9 Å². The van der Waals surface area contributed by atoms with Crippen LogP contribution in [0.1, 0.15) is 28.6 Å². The van der Waals surface area contributed by atoms with Gasteiger partial charge in [0.1, 0.15) is 22.9 Å². The Hall–Kier alpha value is -4.80. The maximum atomic E-state index is 14.3. The monoisotopic (exact) mass is 634 g/mol. The molecule has 1 saturated heterocycles. The highest BCUT2D eigenvalue weighted by atomic mass is 32.2. The first-order valence-electron chi connectivity index (χ1n) is 14.6. The van der Waals surface area contributed by atoms with Crippen molar-refractivity contribution in [3.63, 3.8) is 0 Å². The van der Waals surface area contributed by atoms with E-state index >= 15 is 0 Å². The summed E-state index contributed by atoms with van der Waals surface area (Å²) in [7, 11) is -1.03. The number of carbonyl (C=O) groups is 3. The van der Waals surface area contributed by atoms with Crippen molar-refractivity contribution in [2.75, 3.05) is 5.75 Å². The maximum Gasteiger partial charge on any atom is 0.356 e. The molecular weight excluding hydrogens is 605 g/mol. The van der Waals surface area contributed by atoms with E-state index in [0.29, 0.717) is 5.75 Å². The number of nitrogens with one attached hydrogen (secondary N) is 2. The number of thiol groups is 1. The van der Waals surface area contributed by atoms with Crippen LogP contribution in [0.15, 0.2) is 131 Å². The third-order valence-electron chi connectivity index (χ3n) is 7.87. The summed E-state index contributed by atoms with van der Waals surface area (Å²) in [6.45, 7) is 0. The number of hydrogen-bond donors (Lipinski definition) is 3. The van der Waals surface area contributed by atoms with Gasteiger partial charge in [0.15, 0.2) is 6.10 Å². The molecule has 4 heterocycles. The van der Waals surface area contributed by atoms with Crippen molar-refractivity contribution in [3.8, 4) is 0 Å². The number of carbonyl (C=O) groups excluding carboxylic acids is 3. The van der Waals surface area contributed by atoms with Crippen LogP contribution in [0.3, 0.4) is 0 Å². The third kappa shape index (κ3) is 5.86. The largest absolute Gasteiger partial charge is 0.448 e. The molecule has 0 saturated carbocycles. The first-order chi connectivity index (χ1) is 22.1. The maximum absolute atomic E-state index is 14.3. The molecule has 2 N–H and O–H groups in total. The number of allylic oxidation sites excluding steroid dienone is 2. The number of aromatic nitrogens is 2. The van der Waals surface area contributed by atoms with Crippen molar-refractivity contribution in [3.05, 3.63) is 153 Å². The topological polar surface area (TPSA) is 104 Å². The molecule has 45 heavy (non-hydrogen) atoms. The molecule has 226 valence electrons. The molecule has 3 atom stereocenters. The summed E-state index contributed by atoms with van der Waals surface area (Å²) in [5.74, 6) is 0.148. The number of β-lactam (4-membered cyclic amide) rings is 1. The van der Waals surface area contributed by atoms with Crippen LogP contribution in [0.5, 0.6) is 0 Å². The number of aromatic amines is 1. The molecule has 7 rings (SSSR count). The zero-order chi connectivity index (χ0) is 30.8. The first kappa shape index (κ1) is 28.9. The smallest absolute Gasteiger partial charge is 0.356 e. The average Bonchev–Trinajstić information content (AvgIpc) is 3.80. The van der Waals surface area contributed by atoms with E-state index < -0.39 is 34.4 Å². The molecule has 3 aliphatic rings. The summed E-state index contributed by atoms with van der Waals surface area (Å²) in [6.07, 6.45) is 4.97.